The zero-order valence-electron chi connectivity index (χ0n) is 9.47. The highest BCUT2D eigenvalue weighted by Crippen LogP contribution is 2.08. The van der Waals surface area contributed by atoms with Gasteiger partial charge < -0.3 is 9.97 Å². The Bertz CT molecular complexity index is 624. The summed E-state index contributed by atoms with van der Waals surface area (Å²) in [6, 6.07) is 9.65. The Balaban J connectivity index is 0.000000181. The summed E-state index contributed by atoms with van der Waals surface area (Å²) in [5.41, 5.74) is 1.65. The van der Waals surface area contributed by atoms with Gasteiger partial charge in [0.25, 0.3) is 5.56 Å². The second-order valence-electron chi connectivity index (χ2n) is 3.63. The minimum Gasteiger partial charge on any atom is -0.351 e. The van der Waals surface area contributed by atoms with Crippen molar-refractivity contribution in [2.45, 2.75) is 6.92 Å². The third kappa shape index (κ3) is 2.81. The number of para-hydroxylation sites is 1. The molecule has 0 aliphatic carbocycles. The molecule has 4 heteroatoms. The van der Waals surface area contributed by atoms with Crippen molar-refractivity contribution in [2.24, 2.45) is 0 Å². The maximum absolute atomic E-state index is 11.2. The van der Waals surface area contributed by atoms with E-state index in [-0.39, 0.29) is 5.56 Å². The van der Waals surface area contributed by atoms with Crippen LogP contribution in [0.4, 0.5) is 0 Å². The Morgan fingerprint density at radius 1 is 1.24 bits per heavy atom. The van der Waals surface area contributed by atoms with Crippen molar-refractivity contribution in [3.8, 4) is 0 Å². The lowest BCUT2D eigenvalue weighted by atomic mass is 10.2. The zero-order chi connectivity index (χ0) is 12.1. The average Bonchev–Trinajstić information content (AvgIpc) is 2.89. The molecule has 0 fully saturated rings. The van der Waals surface area contributed by atoms with Gasteiger partial charge in [0.2, 0.25) is 0 Å². The van der Waals surface area contributed by atoms with Crippen LogP contribution < -0.4 is 5.56 Å². The molecule has 0 unspecified atom stereocenters. The Labute approximate surface area is 98.4 Å². The number of H-pyrrole nitrogens is 2. The average molecular weight is 227 g/mol. The lowest BCUT2D eigenvalue weighted by molar-refractivity contribution is 1.24. The fourth-order valence-corrected chi connectivity index (χ4v) is 1.47. The first-order valence-electron chi connectivity index (χ1n) is 5.29. The topological polar surface area (TPSA) is 61.5 Å². The maximum atomic E-state index is 11.2. The number of hydrogen-bond donors (Lipinski definition) is 2. The van der Waals surface area contributed by atoms with Crippen LogP contribution in [0.3, 0.4) is 0 Å². The first-order chi connectivity index (χ1) is 8.27. The lowest BCUT2D eigenvalue weighted by Gasteiger charge is -1.97. The minimum atomic E-state index is -0.00583. The summed E-state index contributed by atoms with van der Waals surface area (Å²) in [4.78, 5) is 20.4. The SMILES string of the molecule is Cc1cc2ccccc2[nH]c1=O.c1c[nH]cn1. The summed E-state index contributed by atoms with van der Waals surface area (Å²) >= 11 is 0. The van der Waals surface area contributed by atoms with Gasteiger partial charge in [-0.15, -0.1) is 0 Å². The molecule has 17 heavy (non-hydrogen) atoms. The summed E-state index contributed by atoms with van der Waals surface area (Å²) in [5.74, 6) is 0. The normalized spacial score (nSPS) is 9.71. The summed E-state index contributed by atoms with van der Waals surface area (Å²) in [5, 5.41) is 1.08. The molecule has 2 N–H and O–H groups in total. The van der Waals surface area contributed by atoms with Crippen molar-refractivity contribution >= 4 is 10.9 Å². The van der Waals surface area contributed by atoms with E-state index in [9.17, 15) is 4.79 Å². The Morgan fingerprint density at radius 2 is 2.06 bits per heavy atom. The summed E-state index contributed by atoms with van der Waals surface area (Å²) in [7, 11) is 0. The molecule has 0 atom stereocenters. The summed E-state index contributed by atoms with van der Waals surface area (Å²) in [6.45, 7) is 1.81. The molecule has 0 bridgehead atoms. The van der Waals surface area contributed by atoms with Gasteiger partial charge in [-0.05, 0) is 24.4 Å². The van der Waals surface area contributed by atoms with Crippen LogP contribution in [0.2, 0.25) is 0 Å². The van der Waals surface area contributed by atoms with Gasteiger partial charge in [0, 0.05) is 23.5 Å². The number of hydrogen-bond acceptors (Lipinski definition) is 2. The molecular weight excluding hydrogens is 214 g/mol. The Kier molecular flexibility index (Phi) is 3.35. The molecule has 3 rings (SSSR count). The third-order valence-electron chi connectivity index (χ3n) is 2.35. The smallest absolute Gasteiger partial charge is 0.251 e. The first kappa shape index (κ1) is 11.1. The second-order valence-corrected chi connectivity index (χ2v) is 3.63. The number of aromatic nitrogens is 3. The number of imidazole rings is 1. The van der Waals surface area contributed by atoms with Crippen LogP contribution in [0, 0.1) is 6.92 Å². The van der Waals surface area contributed by atoms with Crippen LogP contribution in [0.25, 0.3) is 10.9 Å². The third-order valence-corrected chi connectivity index (χ3v) is 2.35. The molecule has 0 aliphatic heterocycles. The number of nitrogens with zero attached hydrogens (tertiary/aromatic N) is 1. The number of pyridine rings is 1. The van der Waals surface area contributed by atoms with Crippen molar-refractivity contribution in [1.82, 2.24) is 15.0 Å². The molecule has 0 aliphatic rings. The van der Waals surface area contributed by atoms with Crippen molar-refractivity contribution in [2.75, 3.05) is 0 Å². The van der Waals surface area contributed by atoms with Gasteiger partial charge in [-0.3, -0.25) is 4.79 Å². The predicted octanol–water partition coefficient (Wildman–Crippen LogP) is 2.25. The summed E-state index contributed by atoms with van der Waals surface area (Å²) in [6.07, 6.45) is 5.08. The highest BCUT2D eigenvalue weighted by molar-refractivity contribution is 5.78. The molecule has 0 spiro atoms. The number of nitrogens with one attached hydrogen (secondary N) is 2. The summed E-state index contributed by atoms with van der Waals surface area (Å²) < 4.78 is 0. The van der Waals surface area contributed by atoms with Gasteiger partial charge in [-0.2, -0.15) is 0 Å². The number of aryl methyl sites for hydroxylation is 1. The number of rotatable bonds is 0. The van der Waals surface area contributed by atoms with Crippen LogP contribution in [-0.4, -0.2) is 15.0 Å². The number of fused-ring (bicyclic) bond motifs is 1. The maximum Gasteiger partial charge on any atom is 0.251 e. The standard InChI is InChI=1S/C10H9NO.C3H4N2/c1-7-6-8-4-2-3-5-9(8)11-10(7)12;1-2-5-3-4-1/h2-6H,1H3,(H,11,12);1-3H,(H,4,5). The van der Waals surface area contributed by atoms with E-state index >= 15 is 0 Å². The monoisotopic (exact) mass is 227 g/mol. The highest BCUT2D eigenvalue weighted by Gasteiger charge is 1.95. The number of benzene rings is 1. The molecule has 86 valence electrons. The van der Waals surface area contributed by atoms with E-state index in [0.29, 0.717) is 0 Å². The van der Waals surface area contributed by atoms with Gasteiger partial charge in [-0.1, -0.05) is 18.2 Å². The first-order valence-corrected chi connectivity index (χ1v) is 5.29. The van der Waals surface area contributed by atoms with Gasteiger partial charge >= 0.3 is 0 Å². The van der Waals surface area contributed by atoms with E-state index in [1.807, 2.05) is 37.3 Å². The Morgan fingerprint density at radius 3 is 2.71 bits per heavy atom. The minimum absolute atomic E-state index is 0.00583. The fourth-order valence-electron chi connectivity index (χ4n) is 1.47. The van der Waals surface area contributed by atoms with Gasteiger partial charge in [0.05, 0.1) is 6.33 Å². The van der Waals surface area contributed by atoms with E-state index < -0.39 is 0 Å². The molecule has 1 aromatic carbocycles. The second kappa shape index (κ2) is 5.12. The number of aromatic amines is 2. The van der Waals surface area contributed by atoms with E-state index in [1.54, 1.807) is 18.7 Å². The van der Waals surface area contributed by atoms with Crippen LogP contribution in [0.5, 0.6) is 0 Å². The fraction of sp³-hybridized carbons (Fsp3) is 0.0769. The van der Waals surface area contributed by atoms with Crippen molar-refractivity contribution in [1.29, 1.82) is 0 Å². The van der Waals surface area contributed by atoms with Crippen molar-refractivity contribution in [3.63, 3.8) is 0 Å². The molecule has 3 aromatic rings. The van der Waals surface area contributed by atoms with E-state index in [0.717, 1.165) is 16.5 Å². The molecule has 0 saturated heterocycles. The van der Waals surface area contributed by atoms with Crippen molar-refractivity contribution in [3.05, 3.63) is 65.0 Å². The zero-order valence-corrected chi connectivity index (χ0v) is 9.47. The van der Waals surface area contributed by atoms with Crippen LogP contribution in [0.15, 0.2) is 53.8 Å². The van der Waals surface area contributed by atoms with Crippen LogP contribution in [0.1, 0.15) is 5.56 Å². The Hall–Kier alpha value is -2.36. The van der Waals surface area contributed by atoms with E-state index in [2.05, 4.69) is 15.0 Å². The highest BCUT2D eigenvalue weighted by atomic mass is 16.1. The van der Waals surface area contributed by atoms with Crippen molar-refractivity contribution < 1.29 is 0 Å². The quantitative estimate of drug-likeness (QED) is 0.618. The molecule has 0 amide bonds. The molecule has 0 saturated carbocycles. The van der Waals surface area contributed by atoms with Gasteiger partial charge in [-0.25, -0.2) is 4.98 Å². The lowest BCUT2D eigenvalue weighted by Crippen LogP contribution is -2.08. The molecule has 2 aromatic heterocycles. The molecule has 4 nitrogen and oxygen atoms in total. The molecule has 2 heterocycles. The van der Waals surface area contributed by atoms with Crippen LogP contribution in [-0.2, 0) is 0 Å². The van der Waals surface area contributed by atoms with E-state index in [1.165, 1.54) is 0 Å². The molecule has 0 radical (unpaired) electrons. The van der Waals surface area contributed by atoms with Gasteiger partial charge in [0.1, 0.15) is 0 Å². The van der Waals surface area contributed by atoms with Crippen LogP contribution >= 0.6 is 0 Å². The van der Waals surface area contributed by atoms with E-state index in [4.69, 9.17) is 0 Å². The molecular formula is C13H13N3O. The predicted molar refractivity (Wildman–Crippen MR) is 67.9 cm³/mol. The van der Waals surface area contributed by atoms with Gasteiger partial charge in [0.15, 0.2) is 0 Å². The largest absolute Gasteiger partial charge is 0.351 e.